The molecule has 1 heterocycles. The van der Waals surface area contributed by atoms with Gasteiger partial charge in [-0.25, -0.2) is 4.79 Å². The second-order valence-electron chi connectivity index (χ2n) is 6.22. The van der Waals surface area contributed by atoms with Crippen LogP contribution in [-0.2, 0) is 0 Å². The number of hydrogen-bond donors (Lipinski definition) is 2. The molecular weight excluding hydrogens is 290 g/mol. The Morgan fingerprint density at radius 1 is 1.39 bits per heavy atom. The van der Waals surface area contributed by atoms with E-state index >= 15 is 0 Å². The van der Waals surface area contributed by atoms with Gasteiger partial charge in [-0.3, -0.25) is 0 Å². The Balaban J connectivity index is 1.69. The van der Waals surface area contributed by atoms with Crippen molar-refractivity contribution >= 4 is 11.7 Å². The van der Waals surface area contributed by atoms with Gasteiger partial charge in [0.15, 0.2) is 0 Å². The van der Waals surface area contributed by atoms with E-state index in [0.29, 0.717) is 19.2 Å². The Morgan fingerprint density at radius 3 is 2.74 bits per heavy atom. The van der Waals surface area contributed by atoms with Crippen LogP contribution in [0.3, 0.4) is 0 Å². The lowest BCUT2D eigenvalue weighted by molar-refractivity contribution is 0.248. The normalized spacial score (nSPS) is 17.7. The van der Waals surface area contributed by atoms with Crippen LogP contribution in [-0.4, -0.2) is 43.7 Å². The smallest absolute Gasteiger partial charge is 0.319 e. The largest absolute Gasteiger partial charge is 0.489 e. The number of benzene rings is 1. The molecule has 0 spiro atoms. The third kappa shape index (κ3) is 5.94. The highest BCUT2D eigenvalue weighted by Crippen LogP contribution is 2.17. The van der Waals surface area contributed by atoms with Gasteiger partial charge in [0.2, 0.25) is 0 Å². The summed E-state index contributed by atoms with van der Waals surface area (Å²) in [5.74, 6) is 0.767. The van der Waals surface area contributed by atoms with Crippen LogP contribution in [0.4, 0.5) is 10.5 Å². The summed E-state index contributed by atoms with van der Waals surface area (Å²) in [5, 5.41) is 5.75. The molecule has 5 heteroatoms. The summed E-state index contributed by atoms with van der Waals surface area (Å²) in [6.07, 6.45) is 3.48. The van der Waals surface area contributed by atoms with Crippen LogP contribution >= 0.6 is 0 Å². The number of hydrogen-bond acceptors (Lipinski definition) is 3. The highest BCUT2D eigenvalue weighted by molar-refractivity contribution is 5.89. The predicted octanol–water partition coefficient (Wildman–Crippen LogP) is 3.25. The fourth-order valence-corrected chi connectivity index (χ4v) is 2.71. The van der Waals surface area contributed by atoms with Crippen molar-refractivity contribution in [1.29, 1.82) is 0 Å². The van der Waals surface area contributed by atoms with Gasteiger partial charge in [0.05, 0.1) is 0 Å². The fourth-order valence-electron chi connectivity index (χ4n) is 2.71. The fraction of sp³-hybridized carbons (Fsp3) is 0.500. The van der Waals surface area contributed by atoms with Gasteiger partial charge < -0.3 is 20.3 Å². The summed E-state index contributed by atoms with van der Waals surface area (Å²) in [4.78, 5) is 14.3. The maximum Gasteiger partial charge on any atom is 0.319 e. The summed E-state index contributed by atoms with van der Waals surface area (Å²) in [6, 6.07) is 7.77. The van der Waals surface area contributed by atoms with Crippen molar-refractivity contribution in [3.05, 3.63) is 36.4 Å². The van der Waals surface area contributed by atoms with E-state index < -0.39 is 0 Å². The number of carbonyl (C=O) groups excluding carboxylic acids is 1. The highest BCUT2D eigenvalue weighted by Gasteiger charge is 2.20. The Labute approximate surface area is 138 Å². The third-order valence-corrected chi connectivity index (χ3v) is 4.03. The molecule has 0 aromatic heterocycles. The van der Waals surface area contributed by atoms with Gasteiger partial charge in [-0.2, -0.15) is 0 Å². The Morgan fingerprint density at radius 2 is 2.13 bits per heavy atom. The Bertz CT molecular complexity index is 528. The standard InChI is InChI=1S/C18H27N3O2/c1-14(2)13-23-17-8-6-15(7-9-17)20-18(22)19-11-10-16-5-4-12-21(16)3/h6-9,16H,1,4-5,10-13H2,2-3H3,(H2,19,20,22)/t16-/m1/s1. The topological polar surface area (TPSA) is 53.6 Å². The summed E-state index contributed by atoms with van der Waals surface area (Å²) < 4.78 is 5.53. The summed E-state index contributed by atoms with van der Waals surface area (Å²) in [6.45, 7) is 8.08. The Kier molecular flexibility index (Phi) is 6.47. The number of nitrogens with one attached hydrogen (secondary N) is 2. The van der Waals surface area contributed by atoms with Gasteiger partial charge in [0.25, 0.3) is 0 Å². The summed E-state index contributed by atoms with van der Waals surface area (Å²) in [5.41, 5.74) is 1.72. The van der Waals surface area contributed by atoms with Crippen LogP contribution in [0, 0.1) is 0 Å². The lowest BCUT2D eigenvalue weighted by Crippen LogP contribution is -2.34. The van der Waals surface area contributed by atoms with E-state index in [4.69, 9.17) is 4.74 Å². The molecule has 0 bridgehead atoms. The number of nitrogens with zero attached hydrogens (tertiary/aromatic N) is 1. The van der Waals surface area contributed by atoms with Crippen LogP contribution in [0.5, 0.6) is 5.75 Å². The molecule has 0 saturated carbocycles. The minimum atomic E-state index is -0.166. The van der Waals surface area contributed by atoms with Crippen molar-refractivity contribution < 1.29 is 9.53 Å². The van der Waals surface area contributed by atoms with Crippen molar-refractivity contribution in [2.75, 3.05) is 32.1 Å². The molecule has 126 valence electrons. The first-order valence-electron chi connectivity index (χ1n) is 8.17. The van der Waals surface area contributed by atoms with Gasteiger partial charge in [0.1, 0.15) is 12.4 Å². The summed E-state index contributed by atoms with van der Waals surface area (Å²) in [7, 11) is 2.15. The van der Waals surface area contributed by atoms with Gasteiger partial charge in [-0.1, -0.05) is 6.58 Å². The maximum absolute atomic E-state index is 11.9. The number of rotatable bonds is 7. The van der Waals surface area contributed by atoms with E-state index in [1.54, 1.807) is 0 Å². The van der Waals surface area contributed by atoms with Crippen LogP contribution < -0.4 is 15.4 Å². The molecule has 2 rings (SSSR count). The van der Waals surface area contributed by atoms with E-state index in [1.807, 2.05) is 31.2 Å². The molecule has 1 aromatic carbocycles. The third-order valence-electron chi connectivity index (χ3n) is 4.03. The molecule has 2 N–H and O–H groups in total. The van der Waals surface area contributed by atoms with E-state index in [-0.39, 0.29) is 6.03 Å². The molecule has 1 saturated heterocycles. The zero-order valence-corrected chi connectivity index (χ0v) is 14.1. The number of amides is 2. The number of anilines is 1. The SMILES string of the molecule is C=C(C)COc1ccc(NC(=O)NCC[C@H]2CCCN2C)cc1. The van der Waals surface area contributed by atoms with Crippen molar-refractivity contribution in [3.63, 3.8) is 0 Å². The first kappa shape index (κ1) is 17.3. The average molecular weight is 317 g/mol. The molecule has 2 amide bonds. The molecule has 1 aromatic rings. The van der Waals surface area contributed by atoms with Crippen molar-refractivity contribution in [1.82, 2.24) is 10.2 Å². The first-order chi connectivity index (χ1) is 11.0. The molecule has 0 unspecified atom stereocenters. The second-order valence-corrected chi connectivity index (χ2v) is 6.22. The van der Waals surface area contributed by atoms with E-state index in [1.165, 1.54) is 12.8 Å². The van der Waals surface area contributed by atoms with Crippen molar-refractivity contribution in [3.8, 4) is 5.75 Å². The van der Waals surface area contributed by atoms with E-state index in [2.05, 4.69) is 29.2 Å². The van der Waals surface area contributed by atoms with Crippen LogP contribution in [0.25, 0.3) is 0 Å². The van der Waals surface area contributed by atoms with Gasteiger partial charge in [0, 0.05) is 18.3 Å². The quantitative estimate of drug-likeness (QED) is 0.759. The highest BCUT2D eigenvalue weighted by atomic mass is 16.5. The number of likely N-dealkylation sites (tertiary alicyclic amines) is 1. The van der Waals surface area contributed by atoms with E-state index in [0.717, 1.165) is 30.0 Å². The van der Waals surface area contributed by atoms with Gasteiger partial charge in [-0.15, -0.1) is 0 Å². The maximum atomic E-state index is 11.9. The number of urea groups is 1. The molecule has 5 nitrogen and oxygen atoms in total. The van der Waals surface area contributed by atoms with Crippen molar-refractivity contribution in [2.24, 2.45) is 0 Å². The lowest BCUT2D eigenvalue weighted by atomic mass is 10.1. The van der Waals surface area contributed by atoms with Crippen LogP contribution in [0.2, 0.25) is 0 Å². The van der Waals surface area contributed by atoms with Crippen molar-refractivity contribution in [2.45, 2.75) is 32.2 Å². The first-order valence-corrected chi connectivity index (χ1v) is 8.17. The van der Waals surface area contributed by atoms with E-state index in [9.17, 15) is 4.79 Å². The summed E-state index contributed by atoms with van der Waals surface area (Å²) >= 11 is 0. The zero-order valence-electron chi connectivity index (χ0n) is 14.1. The molecule has 1 aliphatic rings. The molecule has 1 aliphatic heterocycles. The van der Waals surface area contributed by atoms with Crippen LogP contribution in [0.15, 0.2) is 36.4 Å². The molecular formula is C18H27N3O2. The molecule has 1 atom stereocenters. The molecule has 23 heavy (non-hydrogen) atoms. The molecule has 1 fully saturated rings. The number of carbonyl (C=O) groups is 1. The second kappa shape index (κ2) is 8.58. The predicted molar refractivity (Wildman–Crippen MR) is 94.0 cm³/mol. The minimum absolute atomic E-state index is 0.166. The molecule has 0 radical (unpaired) electrons. The monoisotopic (exact) mass is 317 g/mol. The molecule has 0 aliphatic carbocycles. The Hall–Kier alpha value is -2.01. The van der Waals surface area contributed by atoms with Gasteiger partial charge in [-0.05, 0) is 69.6 Å². The minimum Gasteiger partial charge on any atom is -0.489 e. The van der Waals surface area contributed by atoms with Gasteiger partial charge >= 0.3 is 6.03 Å². The number of ether oxygens (including phenoxy) is 1. The zero-order chi connectivity index (χ0) is 16.7. The lowest BCUT2D eigenvalue weighted by Gasteiger charge is -2.19. The average Bonchev–Trinajstić information content (AvgIpc) is 2.92. The van der Waals surface area contributed by atoms with Crippen LogP contribution in [0.1, 0.15) is 26.2 Å².